The van der Waals surface area contributed by atoms with Crippen LogP contribution in [0.5, 0.6) is 0 Å². The lowest BCUT2D eigenvalue weighted by atomic mass is 9.95. The molecule has 4 atom stereocenters. The van der Waals surface area contributed by atoms with Crippen molar-refractivity contribution < 1.29 is 8.78 Å². The van der Waals surface area contributed by atoms with E-state index < -0.39 is 12.3 Å². The predicted molar refractivity (Wildman–Crippen MR) is 47.5 cm³/mol. The zero-order valence-corrected chi connectivity index (χ0v) is 8.06. The molecule has 0 spiro atoms. The van der Waals surface area contributed by atoms with E-state index in [0.29, 0.717) is 0 Å². The van der Waals surface area contributed by atoms with Gasteiger partial charge in [0.1, 0.15) is 12.3 Å². The fourth-order valence-electron chi connectivity index (χ4n) is 0.973. The SMILES string of the molecule is CCC(F)C(F)CC(C)C(C)N. The third kappa shape index (κ3) is 4.00. The zero-order chi connectivity index (χ0) is 9.72. The van der Waals surface area contributed by atoms with Crippen LogP contribution in [0.25, 0.3) is 0 Å². The number of halogens is 2. The molecule has 74 valence electrons. The highest BCUT2D eigenvalue weighted by atomic mass is 19.2. The van der Waals surface area contributed by atoms with Gasteiger partial charge in [-0.3, -0.25) is 0 Å². The predicted octanol–water partition coefficient (Wildman–Crippen LogP) is 2.45. The van der Waals surface area contributed by atoms with Crippen molar-refractivity contribution in [3.63, 3.8) is 0 Å². The van der Waals surface area contributed by atoms with Crippen LogP contribution in [0.4, 0.5) is 8.78 Å². The minimum absolute atomic E-state index is 0.0461. The van der Waals surface area contributed by atoms with E-state index in [1.807, 2.05) is 13.8 Å². The van der Waals surface area contributed by atoms with Gasteiger partial charge in [-0.25, -0.2) is 8.78 Å². The van der Waals surface area contributed by atoms with E-state index in [2.05, 4.69) is 0 Å². The number of alkyl halides is 2. The molecule has 0 aliphatic heterocycles. The van der Waals surface area contributed by atoms with Crippen molar-refractivity contribution in [2.75, 3.05) is 0 Å². The number of hydrogen-bond donors (Lipinski definition) is 1. The highest BCUT2D eigenvalue weighted by Crippen LogP contribution is 2.18. The molecule has 0 amide bonds. The minimum atomic E-state index is -1.35. The van der Waals surface area contributed by atoms with Crippen molar-refractivity contribution in [1.29, 1.82) is 0 Å². The van der Waals surface area contributed by atoms with Crippen LogP contribution in [-0.2, 0) is 0 Å². The lowest BCUT2D eigenvalue weighted by Gasteiger charge is -2.19. The van der Waals surface area contributed by atoms with Crippen molar-refractivity contribution >= 4 is 0 Å². The first-order valence-corrected chi connectivity index (χ1v) is 4.52. The van der Waals surface area contributed by atoms with Gasteiger partial charge in [-0.1, -0.05) is 13.8 Å². The second-order valence-electron chi connectivity index (χ2n) is 3.51. The van der Waals surface area contributed by atoms with E-state index in [9.17, 15) is 8.78 Å². The molecule has 0 bridgehead atoms. The molecule has 0 aromatic heterocycles. The van der Waals surface area contributed by atoms with Crippen LogP contribution in [0.2, 0.25) is 0 Å². The minimum Gasteiger partial charge on any atom is -0.328 e. The third-order valence-electron chi connectivity index (χ3n) is 2.28. The Morgan fingerprint density at radius 2 is 1.67 bits per heavy atom. The van der Waals surface area contributed by atoms with Crippen LogP contribution < -0.4 is 5.73 Å². The molecule has 0 radical (unpaired) electrons. The molecule has 0 rings (SSSR count). The largest absolute Gasteiger partial charge is 0.328 e. The molecule has 0 aliphatic rings. The number of nitrogens with two attached hydrogens (primary N) is 1. The molecule has 12 heavy (non-hydrogen) atoms. The van der Waals surface area contributed by atoms with E-state index in [0.717, 1.165) is 0 Å². The Kier molecular flexibility index (Phi) is 5.38. The maximum Gasteiger partial charge on any atom is 0.131 e. The Balaban J connectivity index is 3.75. The lowest BCUT2D eigenvalue weighted by molar-refractivity contribution is 0.134. The maximum absolute atomic E-state index is 13.0. The Bertz CT molecular complexity index is 117. The van der Waals surface area contributed by atoms with Crippen molar-refractivity contribution in [2.24, 2.45) is 11.7 Å². The van der Waals surface area contributed by atoms with Crippen molar-refractivity contribution in [3.8, 4) is 0 Å². The normalized spacial score (nSPS) is 21.5. The van der Waals surface area contributed by atoms with Crippen LogP contribution in [0, 0.1) is 5.92 Å². The first kappa shape index (κ1) is 11.8. The summed E-state index contributed by atoms with van der Waals surface area (Å²) in [6, 6.07) is -0.0627. The second kappa shape index (κ2) is 5.46. The molecule has 0 aromatic rings. The molecule has 2 N–H and O–H groups in total. The molecule has 0 fully saturated rings. The van der Waals surface area contributed by atoms with Gasteiger partial charge in [0, 0.05) is 6.04 Å². The summed E-state index contributed by atoms with van der Waals surface area (Å²) in [5, 5.41) is 0. The Hall–Kier alpha value is -0.180. The van der Waals surface area contributed by atoms with Gasteiger partial charge in [-0.15, -0.1) is 0 Å². The molecule has 0 heterocycles. The van der Waals surface area contributed by atoms with E-state index >= 15 is 0 Å². The van der Waals surface area contributed by atoms with E-state index in [-0.39, 0.29) is 24.8 Å². The molecular formula is C9H19F2N. The van der Waals surface area contributed by atoms with Gasteiger partial charge in [-0.05, 0) is 25.7 Å². The number of hydrogen-bond acceptors (Lipinski definition) is 1. The summed E-state index contributed by atoms with van der Waals surface area (Å²) in [6.45, 7) is 5.31. The Morgan fingerprint density at radius 3 is 2.00 bits per heavy atom. The summed E-state index contributed by atoms with van der Waals surface area (Å²) in [5.41, 5.74) is 5.54. The molecule has 1 nitrogen and oxygen atoms in total. The van der Waals surface area contributed by atoms with Crippen LogP contribution in [0.1, 0.15) is 33.6 Å². The Morgan fingerprint density at radius 1 is 1.17 bits per heavy atom. The van der Waals surface area contributed by atoms with Gasteiger partial charge in [0.15, 0.2) is 0 Å². The van der Waals surface area contributed by atoms with Gasteiger partial charge in [0.2, 0.25) is 0 Å². The summed E-state index contributed by atoms with van der Waals surface area (Å²) in [4.78, 5) is 0. The van der Waals surface area contributed by atoms with E-state index in [4.69, 9.17) is 5.73 Å². The number of rotatable bonds is 5. The zero-order valence-electron chi connectivity index (χ0n) is 8.06. The first-order chi connectivity index (χ1) is 5.49. The molecule has 3 heteroatoms. The van der Waals surface area contributed by atoms with Crippen LogP contribution >= 0.6 is 0 Å². The average molecular weight is 179 g/mol. The fourth-order valence-corrected chi connectivity index (χ4v) is 0.973. The summed E-state index contributed by atoms with van der Waals surface area (Å²) in [6.07, 6.45) is -2.21. The quantitative estimate of drug-likeness (QED) is 0.689. The smallest absolute Gasteiger partial charge is 0.131 e. The topological polar surface area (TPSA) is 26.0 Å². The Labute approximate surface area is 73.3 Å². The van der Waals surface area contributed by atoms with E-state index in [1.165, 1.54) is 0 Å². The van der Waals surface area contributed by atoms with Crippen LogP contribution in [0.3, 0.4) is 0 Å². The van der Waals surface area contributed by atoms with Gasteiger partial charge < -0.3 is 5.73 Å². The molecule has 0 aliphatic carbocycles. The third-order valence-corrected chi connectivity index (χ3v) is 2.28. The first-order valence-electron chi connectivity index (χ1n) is 4.52. The molecule has 0 saturated heterocycles. The molecule has 0 aromatic carbocycles. The fraction of sp³-hybridized carbons (Fsp3) is 1.00. The van der Waals surface area contributed by atoms with Crippen molar-refractivity contribution in [1.82, 2.24) is 0 Å². The lowest BCUT2D eigenvalue weighted by Crippen LogP contribution is -2.29. The van der Waals surface area contributed by atoms with Gasteiger partial charge >= 0.3 is 0 Å². The van der Waals surface area contributed by atoms with E-state index in [1.54, 1.807) is 6.92 Å². The summed E-state index contributed by atoms with van der Waals surface area (Å²) < 4.78 is 25.7. The average Bonchev–Trinajstić information content (AvgIpc) is 2.02. The van der Waals surface area contributed by atoms with Crippen LogP contribution in [0.15, 0.2) is 0 Å². The highest BCUT2D eigenvalue weighted by Gasteiger charge is 2.22. The highest BCUT2D eigenvalue weighted by molar-refractivity contribution is 4.73. The van der Waals surface area contributed by atoms with Crippen molar-refractivity contribution in [2.45, 2.75) is 52.0 Å². The summed E-state index contributed by atoms with van der Waals surface area (Å²) in [7, 11) is 0. The molecule has 0 saturated carbocycles. The van der Waals surface area contributed by atoms with Gasteiger partial charge in [0.25, 0.3) is 0 Å². The molecular weight excluding hydrogens is 160 g/mol. The van der Waals surface area contributed by atoms with Crippen LogP contribution in [-0.4, -0.2) is 18.4 Å². The standard InChI is InChI=1S/C9H19F2N/c1-4-8(10)9(11)5-6(2)7(3)12/h6-9H,4-5,12H2,1-3H3. The maximum atomic E-state index is 13.0. The van der Waals surface area contributed by atoms with Crippen molar-refractivity contribution in [3.05, 3.63) is 0 Å². The molecule has 4 unspecified atom stereocenters. The van der Waals surface area contributed by atoms with Gasteiger partial charge in [-0.2, -0.15) is 0 Å². The van der Waals surface area contributed by atoms with Gasteiger partial charge in [0.05, 0.1) is 0 Å². The summed E-state index contributed by atoms with van der Waals surface area (Å²) >= 11 is 0. The monoisotopic (exact) mass is 179 g/mol. The second-order valence-corrected chi connectivity index (χ2v) is 3.51. The summed E-state index contributed by atoms with van der Waals surface area (Å²) in [5.74, 6) is 0.0461.